The van der Waals surface area contributed by atoms with Crippen molar-refractivity contribution in [2.45, 2.75) is 53.0 Å². The maximum absolute atomic E-state index is 13.2. The first-order valence-electron chi connectivity index (χ1n) is 10.6. The Hall–Kier alpha value is -0.950. The summed E-state index contributed by atoms with van der Waals surface area (Å²) in [6, 6.07) is 1.70. The number of hydrogen-bond donors (Lipinski definition) is 1. The minimum absolute atomic E-state index is 0.175. The van der Waals surface area contributed by atoms with Gasteiger partial charge in [0.1, 0.15) is 17.2 Å². The summed E-state index contributed by atoms with van der Waals surface area (Å²) < 4.78 is 44.1. The third-order valence-electron chi connectivity index (χ3n) is 4.63. The predicted molar refractivity (Wildman–Crippen MR) is 125 cm³/mol. The predicted octanol–water partition coefficient (Wildman–Crippen LogP) is 5.77. The van der Waals surface area contributed by atoms with Crippen molar-refractivity contribution < 1.29 is 22.7 Å². The maximum Gasteiger partial charge on any atom is 0.340 e. The van der Waals surface area contributed by atoms with Gasteiger partial charge in [0.15, 0.2) is 5.15 Å². The number of imidazole rings is 1. The molecule has 12 heteroatoms. The molecule has 0 spiro atoms. The summed E-state index contributed by atoms with van der Waals surface area (Å²) in [5.41, 5.74) is 7.21. The molecule has 0 bridgehead atoms. The Kier molecular flexibility index (Phi) is 10.5. The van der Waals surface area contributed by atoms with E-state index in [0.29, 0.717) is 30.2 Å². The van der Waals surface area contributed by atoms with Gasteiger partial charge in [0.25, 0.3) is 0 Å². The summed E-state index contributed by atoms with van der Waals surface area (Å²) in [4.78, 5) is 8.41. The van der Waals surface area contributed by atoms with E-state index < -0.39 is 15.0 Å². The largest absolute Gasteiger partial charge is 0.384 e. The maximum atomic E-state index is 13.2. The topological polar surface area (TPSA) is 119 Å². The number of nitrogens with zero attached hydrogens (tertiary/aromatic N) is 3. The zero-order valence-electron chi connectivity index (χ0n) is 18.5. The normalized spacial score (nSPS) is 14.2. The van der Waals surface area contributed by atoms with Crippen molar-refractivity contribution in [3.63, 3.8) is 0 Å². The lowest BCUT2D eigenvalue weighted by atomic mass is 10.2. The van der Waals surface area contributed by atoms with Crippen LogP contribution in [0.5, 0.6) is 0 Å². The molecule has 0 radical (unpaired) electrons. The van der Waals surface area contributed by atoms with Crippen LogP contribution in [0.3, 0.4) is 0 Å². The van der Waals surface area contributed by atoms with Gasteiger partial charge in [0, 0.05) is 18.8 Å². The highest BCUT2D eigenvalue weighted by Gasteiger charge is 2.36. The van der Waals surface area contributed by atoms with Crippen molar-refractivity contribution in [2.75, 3.05) is 37.6 Å². The highest BCUT2D eigenvalue weighted by atomic mass is 35.5. The lowest BCUT2D eigenvalue weighted by Gasteiger charge is -2.23. The number of nitrogen functional groups attached to an aromatic ring is 1. The quantitative estimate of drug-likeness (QED) is 0.188. The molecule has 0 fully saturated rings. The first-order chi connectivity index (χ1) is 14.8. The average molecular weight is 495 g/mol. The van der Waals surface area contributed by atoms with E-state index in [1.165, 1.54) is 0 Å². The zero-order valence-corrected chi connectivity index (χ0v) is 21.0. The fraction of sp³-hybridized carbons (Fsp3) is 0.684. The van der Waals surface area contributed by atoms with Crippen LogP contribution in [0, 0.1) is 0 Å². The highest BCUT2D eigenvalue weighted by molar-refractivity contribution is 7.73. The molecule has 2 aromatic heterocycles. The van der Waals surface area contributed by atoms with E-state index in [-0.39, 0.29) is 19.1 Å². The van der Waals surface area contributed by atoms with E-state index in [2.05, 4.69) is 9.97 Å². The fourth-order valence-corrected chi connectivity index (χ4v) is 9.54. The van der Waals surface area contributed by atoms with Crippen LogP contribution >= 0.6 is 26.6 Å². The van der Waals surface area contributed by atoms with Gasteiger partial charge in [-0.3, -0.25) is 9.13 Å². The summed E-state index contributed by atoms with van der Waals surface area (Å²) >= 11 is 6.21. The number of pyridine rings is 1. The van der Waals surface area contributed by atoms with E-state index in [1.807, 2.05) is 4.57 Å². The molecule has 0 aromatic carbocycles. The van der Waals surface area contributed by atoms with E-state index in [1.54, 1.807) is 33.2 Å². The second-order valence-corrected chi connectivity index (χ2v) is 12.7. The molecule has 176 valence electrons. The van der Waals surface area contributed by atoms with E-state index in [0.717, 1.165) is 36.8 Å². The van der Waals surface area contributed by atoms with Crippen LogP contribution in [-0.2, 0) is 29.2 Å². The van der Waals surface area contributed by atoms with Crippen LogP contribution in [0.1, 0.15) is 46.5 Å². The Labute approximate surface area is 189 Å². The van der Waals surface area contributed by atoms with E-state index in [9.17, 15) is 9.13 Å². The molecule has 0 aliphatic carbocycles. The lowest BCUT2D eigenvalue weighted by molar-refractivity contribution is 0.222. The van der Waals surface area contributed by atoms with Gasteiger partial charge in [-0.15, -0.1) is 0 Å². The molecule has 2 aromatic rings. The van der Waals surface area contributed by atoms with Crippen molar-refractivity contribution in [1.82, 2.24) is 14.5 Å². The zero-order chi connectivity index (χ0) is 22.9. The third kappa shape index (κ3) is 7.85. The molecule has 2 heterocycles. The van der Waals surface area contributed by atoms with Crippen molar-refractivity contribution in [2.24, 2.45) is 0 Å². The number of fused-ring (bicyclic) bond motifs is 1. The number of halogens is 1. The van der Waals surface area contributed by atoms with Gasteiger partial charge in [-0.05, 0) is 33.6 Å². The Morgan fingerprint density at radius 2 is 1.68 bits per heavy atom. The Balaban J connectivity index is 1.84. The molecule has 2 rings (SSSR count). The molecule has 31 heavy (non-hydrogen) atoms. The average Bonchev–Trinajstić information content (AvgIpc) is 3.08. The molecule has 0 amide bonds. The third-order valence-corrected chi connectivity index (χ3v) is 11.0. The van der Waals surface area contributed by atoms with E-state index in [4.69, 9.17) is 30.9 Å². The number of aryl methyl sites for hydroxylation is 1. The van der Waals surface area contributed by atoms with Crippen molar-refractivity contribution in [3.05, 3.63) is 17.5 Å². The number of rotatable bonds is 15. The summed E-state index contributed by atoms with van der Waals surface area (Å²) in [5, 5.41) is 0.346. The van der Waals surface area contributed by atoms with Crippen LogP contribution in [0.25, 0.3) is 11.0 Å². The van der Waals surface area contributed by atoms with Gasteiger partial charge < -0.3 is 23.9 Å². The van der Waals surface area contributed by atoms with Gasteiger partial charge in [-0.1, -0.05) is 24.4 Å². The van der Waals surface area contributed by atoms with Crippen molar-refractivity contribution in [3.8, 4) is 0 Å². The number of aromatic nitrogens is 3. The second kappa shape index (κ2) is 12.3. The van der Waals surface area contributed by atoms with Crippen LogP contribution in [0.15, 0.2) is 12.4 Å². The van der Waals surface area contributed by atoms with Gasteiger partial charge in [-0.25, -0.2) is 9.97 Å². The van der Waals surface area contributed by atoms with Gasteiger partial charge >= 0.3 is 7.60 Å². The van der Waals surface area contributed by atoms with Crippen molar-refractivity contribution >= 4 is 43.4 Å². The van der Waals surface area contributed by atoms with Gasteiger partial charge in [0.2, 0.25) is 7.37 Å². The Morgan fingerprint density at radius 1 is 1.03 bits per heavy atom. The second-order valence-electron chi connectivity index (χ2n) is 7.10. The van der Waals surface area contributed by atoms with Gasteiger partial charge in [-0.2, -0.15) is 0 Å². The first-order valence-corrected chi connectivity index (χ1v) is 14.7. The monoisotopic (exact) mass is 494 g/mol. The molecule has 1 atom stereocenters. The minimum atomic E-state index is -3.42. The minimum Gasteiger partial charge on any atom is -0.384 e. The van der Waals surface area contributed by atoms with Crippen LogP contribution < -0.4 is 5.73 Å². The SMILES string of the molecule is CCOP(=O)(CCCCCCn1cnc2cc(N)nc(Cl)c21)CP(=O)(OCC)OCC. The fourth-order valence-electron chi connectivity index (χ4n) is 3.41. The smallest absolute Gasteiger partial charge is 0.340 e. The standard InChI is InChI=1S/C19H33ClN4O5P2/c1-4-27-30(25,15-31(26,28-5-2)29-6-3)12-10-8-7-9-11-24-14-22-16-13-17(21)23-19(20)18(16)24/h13-14H,4-12,15H2,1-3H3,(H2,21,23). The molecule has 1 unspecified atom stereocenters. The molecule has 0 aliphatic rings. The van der Waals surface area contributed by atoms with Crippen LogP contribution in [-0.4, -0.2) is 46.4 Å². The van der Waals surface area contributed by atoms with Crippen LogP contribution in [0.2, 0.25) is 5.15 Å². The summed E-state index contributed by atoms with van der Waals surface area (Å²) in [6.45, 7) is 6.76. The molecular weight excluding hydrogens is 462 g/mol. The number of anilines is 1. The molecule has 2 N–H and O–H groups in total. The Bertz CT molecular complexity index is 929. The molecular formula is C19H33ClN4O5P2. The molecule has 0 saturated carbocycles. The summed E-state index contributed by atoms with van der Waals surface area (Å²) in [7, 11) is -6.53. The van der Waals surface area contributed by atoms with Crippen LogP contribution in [0.4, 0.5) is 5.82 Å². The summed E-state index contributed by atoms with van der Waals surface area (Å²) in [6.07, 6.45) is 5.51. The number of hydrogen-bond acceptors (Lipinski definition) is 8. The Morgan fingerprint density at radius 3 is 2.32 bits per heavy atom. The molecule has 0 aliphatic heterocycles. The first kappa shape index (κ1) is 26.3. The number of nitrogens with two attached hydrogens (primary N) is 1. The molecule has 9 nitrogen and oxygen atoms in total. The van der Waals surface area contributed by atoms with E-state index >= 15 is 0 Å². The lowest BCUT2D eigenvalue weighted by Crippen LogP contribution is -2.06. The number of unbranched alkanes of at least 4 members (excludes halogenated alkanes) is 3. The summed E-state index contributed by atoms with van der Waals surface area (Å²) in [5.74, 6) is 0.172. The van der Waals surface area contributed by atoms with Crippen molar-refractivity contribution in [1.29, 1.82) is 0 Å². The van der Waals surface area contributed by atoms with Gasteiger partial charge in [0.05, 0.1) is 31.7 Å². The molecule has 0 saturated heterocycles. The highest BCUT2D eigenvalue weighted by Crippen LogP contribution is 2.63.